The molecule has 0 bridgehead atoms. The van der Waals surface area contributed by atoms with E-state index in [4.69, 9.17) is 0 Å². The average Bonchev–Trinajstić information content (AvgIpc) is 2.80. The van der Waals surface area contributed by atoms with E-state index in [1.54, 1.807) is 4.90 Å². The van der Waals surface area contributed by atoms with Crippen LogP contribution in [0.4, 0.5) is 0 Å². The Kier molecular flexibility index (Phi) is 9.05. The van der Waals surface area contributed by atoms with Gasteiger partial charge in [0.2, 0.25) is 11.8 Å². The fourth-order valence-corrected chi connectivity index (χ4v) is 4.33. The molecule has 178 valence electrons. The summed E-state index contributed by atoms with van der Waals surface area (Å²) in [5.74, 6) is -0.173. The first-order valence-electron chi connectivity index (χ1n) is 11.6. The number of amides is 2. The second-order valence-corrected chi connectivity index (χ2v) is 10.5. The maximum absolute atomic E-state index is 13.6. The maximum Gasteiger partial charge on any atom is 0.243 e. The predicted octanol–water partition coefficient (Wildman–Crippen LogP) is 5.94. The second-order valence-electron chi connectivity index (χ2n) is 9.58. The number of aryl methyl sites for hydroxylation is 1. The smallest absolute Gasteiger partial charge is 0.243 e. The van der Waals surface area contributed by atoms with E-state index < -0.39 is 11.6 Å². The van der Waals surface area contributed by atoms with Crippen LogP contribution in [0.1, 0.15) is 43.9 Å². The molecule has 3 aromatic carbocycles. The molecule has 4 nitrogen and oxygen atoms in total. The van der Waals surface area contributed by atoms with E-state index >= 15 is 0 Å². The van der Waals surface area contributed by atoms with E-state index in [1.807, 2.05) is 106 Å². The number of carbonyl (C=O) groups excluding carboxylic acids is 2. The van der Waals surface area contributed by atoms with Gasteiger partial charge in [-0.15, -0.1) is 0 Å². The van der Waals surface area contributed by atoms with Crippen molar-refractivity contribution in [1.29, 1.82) is 0 Å². The molecule has 0 aliphatic carbocycles. The number of nitrogens with one attached hydrogen (secondary N) is 1. The number of carbonyl (C=O) groups is 2. The highest BCUT2D eigenvalue weighted by Crippen LogP contribution is 2.20. The predicted molar refractivity (Wildman–Crippen MR) is 141 cm³/mol. The number of hydrogen-bond acceptors (Lipinski definition) is 2. The molecule has 5 heteroatoms. The SMILES string of the molecule is CC(C)(C)NC(=O)[C@H](Cc1ccccc1)N(Cc1cccc(Br)c1)C(=O)CCc1ccccc1. The number of nitrogens with zero attached hydrogens (tertiary/aromatic N) is 1. The lowest BCUT2D eigenvalue weighted by Crippen LogP contribution is -2.54. The third kappa shape index (κ3) is 8.14. The van der Waals surface area contributed by atoms with Gasteiger partial charge in [0.25, 0.3) is 0 Å². The molecule has 1 atom stereocenters. The molecular formula is C29H33BrN2O2. The lowest BCUT2D eigenvalue weighted by molar-refractivity contribution is -0.141. The van der Waals surface area contributed by atoms with Gasteiger partial charge in [0.05, 0.1) is 0 Å². The zero-order chi connectivity index (χ0) is 24.6. The van der Waals surface area contributed by atoms with E-state index in [-0.39, 0.29) is 11.8 Å². The number of benzene rings is 3. The summed E-state index contributed by atoms with van der Waals surface area (Å²) >= 11 is 3.53. The monoisotopic (exact) mass is 520 g/mol. The van der Waals surface area contributed by atoms with Crippen molar-refractivity contribution >= 4 is 27.7 Å². The Labute approximate surface area is 211 Å². The van der Waals surface area contributed by atoms with Crippen LogP contribution in [0, 0.1) is 0 Å². The molecule has 3 rings (SSSR count). The van der Waals surface area contributed by atoms with Crippen LogP contribution in [0.5, 0.6) is 0 Å². The molecular weight excluding hydrogens is 488 g/mol. The number of halogens is 1. The zero-order valence-electron chi connectivity index (χ0n) is 20.1. The summed E-state index contributed by atoms with van der Waals surface area (Å²) in [5.41, 5.74) is 2.70. The Morgan fingerprint density at radius 1 is 0.853 bits per heavy atom. The second kappa shape index (κ2) is 12.0. The first-order valence-corrected chi connectivity index (χ1v) is 12.4. The van der Waals surface area contributed by atoms with Crippen molar-refractivity contribution in [1.82, 2.24) is 10.2 Å². The molecule has 0 spiro atoms. The van der Waals surface area contributed by atoms with Crippen LogP contribution in [-0.2, 0) is 29.0 Å². The molecule has 0 radical (unpaired) electrons. The van der Waals surface area contributed by atoms with Crippen LogP contribution in [0.25, 0.3) is 0 Å². The molecule has 0 aliphatic heterocycles. The van der Waals surface area contributed by atoms with Crippen LogP contribution in [0.3, 0.4) is 0 Å². The summed E-state index contributed by atoms with van der Waals surface area (Å²) in [6.45, 7) is 6.24. The van der Waals surface area contributed by atoms with Crippen molar-refractivity contribution in [3.8, 4) is 0 Å². The van der Waals surface area contributed by atoms with Gasteiger partial charge in [-0.25, -0.2) is 0 Å². The number of hydrogen-bond donors (Lipinski definition) is 1. The van der Waals surface area contributed by atoms with Crippen molar-refractivity contribution in [2.75, 3.05) is 0 Å². The van der Waals surface area contributed by atoms with Crippen LogP contribution in [0.15, 0.2) is 89.4 Å². The Morgan fingerprint density at radius 3 is 2.03 bits per heavy atom. The van der Waals surface area contributed by atoms with Gasteiger partial charge >= 0.3 is 0 Å². The number of rotatable bonds is 9. The molecule has 0 saturated carbocycles. The fraction of sp³-hybridized carbons (Fsp3) is 0.310. The largest absolute Gasteiger partial charge is 0.350 e. The minimum atomic E-state index is -0.621. The zero-order valence-corrected chi connectivity index (χ0v) is 21.7. The van der Waals surface area contributed by atoms with Gasteiger partial charge in [-0.05, 0) is 56.0 Å². The molecule has 0 aromatic heterocycles. The van der Waals surface area contributed by atoms with Gasteiger partial charge in [-0.3, -0.25) is 9.59 Å². The Bertz CT molecular complexity index is 1080. The summed E-state index contributed by atoms with van der Waals surface area (Å²) < 4.78 is 0.945. The van der Waals surface area contributed by atoms with E-state index in [0.29, 0.717) is 25.8 Å². The van der Waals surface area contributed by atoms with Crippen molar-refractivity contribution in [2.24, 2.45) is 0 Å². The van der Waals surface area contributed by atoms with Gasteiger partial charge in [0.1, 0.15) is 6.04 Å². The molecule has 3 aromatic rings. The quantitative estimate of drug-likeness (QED) is 0.379. The summed E-state index contributed by atoms with van der Waals surface area (Å²) in [6, 6.07) is 27.1. The average molecular weight is 521 g/mol. The summed E-state index contributed by atoms with van der Waals surface area (Å²) in [6.07, 6.45) is 1.42. The lowest BCUT2D eigenvalue weighted by atomic mass is 10.00. The molecule has 0 saturated heterocycles. The first-order chi connectivity index (χ1) is 16.2. The molecule has 0 fully saturated rings. The molecule has 0 heterocycles. The Morgan fingerprint density at radius 2 is 1.44 bits per heavy atom. The molecule has 1 N–H and O–H groups in total. The van der Waals surface area contributed by atoms with Gasteiger partial charge < -0.3 is 10.2 Å². The summed E-state index contributed by atoms with van der Waals surface area (Å²) in [4.78, 5) is 28.9. The fourth-order valence-electron chi connectivity index (χ4n) is 3.88. The van der Waals surface area contributed by atoms with Crippen molar-refractivity contribution in [3.63, 3.8) is 0 Å². The Hall–Kier alpha value is -2.92. The van der Waals surface area contributed by atoms with Crippen LogP contribution in [0.2, 0.25) is 0 Å². The topological polar surface area (TPSA) is 49.4 Å². The highest BCUT2D eigenvalue weighted by atomic mass is 79.9. The maximum atomic E-state index is 13.6. The normalized spacial score (nSPS) is 12.1. The van der Waals surface area contributed by atoms with Crippen LogP contribution < -0.4 is 5.32 Å². The third-order valence-electron chi connectivity index (χ3n) is 5.48. The van der Waals surface area contributed by atoms with Gasteiger partial charge in [-0.2, -0.15) is 0 Å². The molecule has 0 unspecified atom stereocenters. The first kappa shape index (κ1) is 25.7. The van der Waals surface area contributed by atoms with E-state index in [2.05, 4.69) is 21.2 Å². The van der Waals surface area contributed by atoms with Gasteiger partial charge in [0.15, 0.2) is 0 Å². The highest BCUT2D eigenvalue weighted by molar-refractivity contribution is 9.10. The summed E-state index contributed by atoms with van der Waals surface area (Å²) in [7, 11) is 0. The van der Waals surface area contributed by atoms with Gasteiger partial charge in [-0.1, -0.05) is 88.7 Å². The Balaban J connectivity index is 1.92. The molecule has 0 aliphatic rings. The van der Waals surface area contributed by atoms with Crippen LogP contribution in [-0.4, -0.2) is 28.3 Å². The van der Waals surface area contributed by atoms with Crippen molar-refractivity contribution < 1.29 is 9.59 Å². The minimum absolute atomic E-state index is 0.0335. The third-order valence-corrected chi connectivity index (χ3v) is 5.97. The van der Waals surface area contributed by atoms with E-state index in [0.717, 1.165) is 21.2 Å². The van der Waals surface area contributed by atoms with Crippen molar-refractivity contribution in [2.45, 2.75) is 58.2 Å². The lowest BCUT2D eigenvalue weighted by Gasteiger charge is -2.34. The van der Waals surface area contributed by atoms with Crippen LogP contribution >= 0.6 is 15.9 Å². The minimum Gasteiger partial charge on any atom is -0.350 e. The summed E-state index contributed by atoms with van der Waals surface area (Å²) in [5, 5.41) is 3.10. The van der Waals surface area contributed by atoms with Gasteiger partial charge in [0, 0.05) is 29.4 Å². The molecule has 34 heavy (non-hydrogen) atoms. The molecule has 2 amide bonds. The van der Waals surface area contributed by atoms with Crippen molar-refractivity contribution in [3.05, 3.63) is 106 Å². The highest BCUT2D eigenvalue weighted by Gasteiger charge is 2.32. The standard InChI is InChI=1S/C29H33BrN2O2/c1-29(2,3)31-28(34)26(20-23-13-8-5-9-14-23)32(21-24-15-10-16-25(30)19-24)27(33)18-17-22-11-6-4-7-12-22/h4-16,19,26H,17-18,20-21H2,1-3H3,(H,31,34)/t26-/m0/s1. The van der Waals surface area contributed by atoms with E-state index in [1.165, 1.54) is 0 Å². The van der Waals surface area contributed by atoms with E-state index in [9.17, 15) is 9.59 Å².